The molecule has 0 aromatic carbocycles. The third-order valence-corrected chi connectivity index (χ3v) is 8.65. The van der Waals surface area contributed by atoms with Gasteiger partial charge in [-0.3, -0.25) is 9.59 Å². The van der Waals surface area contributed by atoms with Crippen LogP contribution in [0.1, 0.15) is 168 Å². The van der Waals surface area contributed by atoms with Crippen LogP contribution in [0.4, 0.5) is 0 Å². The standard InChI is InChI=1S/C38H64N2O3/c1-3-5-7-9-11-13-15-17-19-21-23-25-29-39-31-27-35(41)37(33-39)43-38-34-40(32-28-36(38)42)30-26-24-22-20-18-16-14-12-10-8-6-4-2/h27-28,31-34H,3-26,29-30H2,1-2H3. The topological polar surface area (TPSA) is 53.2 Å². The van der Waals surface area contributed by atoms with Crippen LogP contribution in [0.15, 0.2) is 46.5 Å². The second-order valence-corrected chi connectivity index (χ2v) is 12.7. The molecule has 0 amide bonds. The molecule has 2 aromatic rings. The van der Waals surface area contributed by atoms with Crippen molar-refractivity contribution in [1.29, 1.82) is 0 Å². The van der Waals surface area contributed by atoms with Crippen LogP contribution in [-0.4, -0.2) is 9.13 Å². The zero-order chi connectivity index (χ0) is 30.8. The maximum atomic E-state index is 12.5. The number of pyridine rings is 2. The summed E-state index contributed by atoms with van der Waals surface area (Å²) >= 11 is 0. The Bertz CT molecular complexity index is 974. The minimum Gasteiger partial charge on any atom is -0.446 e. The van der Waals surface area contributed by atoms with Gasteiger partial charge in [0.1, 0.15) is 0 Å². The molecule has 0 aliphatic carbocycles. The number of unbranched alkanes of at least 4 members (excludes halogenated alkanes) is 22. The fraction of sp³-hybridized carbons (Fsp3) is 0.737. The van der Waals surface area contributed by atoms with Crippen molar-refractivity contribution in [3.05, 3.63) is 57.4 Å². The normalized spacial score (nSPS) is 11.3. The summed E-state index contributed by atoms with van der Waals surface area (Å²) in [7, 11) is 0. The van der Waals surface area contributed by atoms with Gasteiger partial charge in [0.05, 0.1) is 12.4 Å². The van der Waals surface area contributed by atoms with Crippen LogP contribution in [0, 0.1) is 0 Å². The van der Waals surface area contributed by atoms with E-state index in [1.165, 1.54) is 141 Å². The smallest absolute Gasteiger partial charge is 0.224 e. The van der Waals surface area contributed by atoms with E-state index in [9.17, 15) is 9.59 Å². The van der Waals surface area contributed by atoms with Gasteiger partial charge in [0.25, 0.3) is 0 Å². The Morgan fingerprint density at radius 1 is 0.442 bits per heavy atom. The maximum Gasteiger partial charge on any atom is 0.224 e. The lowest BCUT2D eigenvalue weighted by atomic mass is 10.1. The molecule has 0 saturated heterocycles. The zero-order valence-corrected chi connectivity index (χ0v) is 28.0. The van der Waals surface area contributed by atoms with Crippen molar-refractivity contribution < 1.29 is 4.74 Å². The molecule has 0 aliphatic rings. The minimum atomic E-state index is -0.193. The molecule has 5 heteroatoms. The molecule has 0 atom stereocenters. The van der Waals surface area contributed by atoms with Crippen LogP contribution < -0.4 is 15.6 Å². The Morgan fingerprint density at radius 2 is 0.721 bits per heavy atom. The first-order valence-corrected chi connectivity index (χ1v) is 18.2. The molecule has 0 unspecified atom stereocenters. The quantitative estimate of drug-likeness (QED) is 0.0918. The van der Waals surface area contributed by atoms with Gasteiger partial charge in [-0.05, 0) is 12.8 Å². The van der Waals surface area contributed by atoms with E-state index in [1.807, 2.05) is 21.5 Å². The van der Waals surface area contributed by atoms with E-state index in [1.54, 1.807) is 24.5 Å². The monoisotopic (exact) mass is 596 g/mol. The molecule has 0 fully saturated rings. The molecule has 0 spiro atoms. The highest BCUT2D eigenvalue weighted by atomic mass is 16.5. The lowest BCUT2D eigenvalue weighted by molar-refractivity contribution is 0.452. The number of rotatable bonds is 28. The number of aryl methyl sites for hydroxylation is 2. The van der Waals surface area contributed by atoms with Gasteiger partial charge in [-0.15, -0.1) is 0 Å². The van der Waals surface area contributed by atoms with Crippen molar-refractivity contribution in [1.82, 2.24) is 9.13 Å². The minimum absolute atomic E-state index is 0.193. The largest absolute Gasteiger partial charge is 0.446 e. The molecule has 0 radical (unpaired) electrons. The fourth-order valence-corrected chi connectivity index (χ4v) is 5.83. The van der Waals surface area contributed by atoms with E-state index in [-0.39, 0.29) is 22.4 Å². The van der Waals surface area contributed by atoms with Crippen LogP contribution in [0.5, 0.6) is 11.5 Å². The molecule has 2 heterocycles. The van der Waals surface area contributed by atoms with Gasteiger partial charge in [0, 0.05) is 37.6 Å². The molecular weight excluding hydrogens is 532 g/mol. The number of hydrogen-bond donors (Lipinski definition) is 0. The first kappa shape index (κ1) is 36.9. The summed E-state index contributed by atoms with van der Waals surface area (Å²) in [5.41, 5.74) is -0.386. The first-order chi connectivity index (χ1) is 21.1. The van der Waals surface area contributed by atoms with E-state index < -0.39 is 0 Å². The number of nitrogens with zero attached hydrogens (tertiary/aromatic N) is 2. The van der Waals surface area contributed by atoms with E-state index in [0.29, 0.717) is 0 Å². The Labute approximate surface area is 263 Å². The Balaban J connectivity index is 1.63. The van der Waals surface area contributed by atoms with Crippen LogP contribution in [0.2, 0.25) is 0 Å². The Hall–Kier alpha value is -2.30. The molecular formula is C38H64N2O3. The lowest BCUT2D eigenvalue weighted by Crippen LogP contribution is -2.13. The summed E-state index contributed by atoms with van der Waals surface area (Å²) < 4.78 is 9.91. The lowest BCUT2D eigenvalue weighted by Gasteiger charge is -2.11. The van der Waals surface area contributed by atoms with Crippen LogP contribution in [-0.2, 0) is 13.1 Å². The SMILES string of the molecule is CCCCCCCCCCCCCCn1ccc(=O)c(Oc2cn(CCCCCCCCCCCCCC)ccc2=O)c1. The van der Waals surface area contributed by atoms with Gasteiger partial charge in [0.15, 0.2) is 11.5 Å². The average Bonchev–Trinajstić information content (AvgIpc) is 3.01. The molecule has 0 saturated carbocycles. The highest BCUT2D eigenvalue weighted by Gasteiger charge is 2.08. The molecule has 5 nitrogen and oxygen atoms in total. The summed E-state index contributed by atoms with van der Waals surface area (Å²) in [6, 6.07) is 3.09. The van der Waals surface area contributed by atoms with Crippen molar-refractivity contribution >= 4 is 0 Å². The van der Waals surface area contributed by atoms with Crippen LogP contribution in [0.25, 0.3) is 0 Å². The summed E-state index contributed by atoms with van der Waals surface area (Å²) in [5, 5.41) is 0. The van der Waals surface area contributed by atoms with Crippen molar-refractivity contribution in [2.24, 2.45) is 0 Å². The summed E-state index contributed by atoms with van der Waals surface area (Å²) in [6.07, 6.45) is 38.9. The predicted molar refractivity (Wildman–Crippen MR) is 184 cm³/mol. The maximum absolute atomic E-state index is 12.5. The summed E-state index contributed by atoms with van der Waals surface area (Å²) in [5.74, 6) is 0.448. The van der Waals surface area contributed by atoms with E-state index in [4.69, 9.17) is 4.74 Å². The van der Waals surface area contributed by atoms with Gasteiger partial charge in [-0.2, -0.15) is 0 Å². The molecule has 0 N–H and O–H groups in total. The van der Waals surface area contributed by atoms with Crippen LogP contribution >= 0.6 is 0 Å². The van der Waals surface area contributed by atoms with Crippen molar-refractivity contribution in [2.45, 2.75) is 181 Å². The average molecular weight is 597 g/mol. The second-order valence-electron chi connectivity index (χ2n) is 12.7. The molecule has 43 heavy (non-hydrogen) atoms. The van der Waals surface area contributed by atoms with Crippen LogP contribution in [0.3, 0.4) is 0 Å². The van der Waals surface area contributed by atoms with E-state index in [0.717, 1.165) is 25.9 Å². The molecule has 2 rings (SSSR count). The number of ether oxygens (including phenoxy) is 1. The van der Waals surface area contributed by atoms with E-state index in [2.05, 4.69) is 13.8 Å². The summed E-state index contributed by atoms with van der Waals surface area (Å²) in [4.78, 5) is 25.0. The Morgan fingerprint density at radius 3 is 1.02 bits per heavy atom. The van der Waals surface area contributed by atoms with Gasteiger partial charge >= 0.3 is 0 Å². The number of hydrogen-bond acceptors (Lipinski definition) is 3. The van der Waals surface area contributed by atoms with Gasteiger partial charge in [0.2, 0.25) is 10.9 Å². The summed E-state index contributed by atoms with van der Waals surface area (Å²) in [6.45, 7) is 6.25. The van der Waals surface area contributed by atoms with Gasteiger partial charge in [-0.25, -0.2) is 0 Å². The van der Waals surface area contributed by atoms with Gasteiger partial charge in [-0.1, -0.05) is 155 Å². The second kappa shape index (κ2) is 25.1. The fourth-order valence-electron chi connectivity index (χ4n) is 5.83. The zero-order valence-electron chi connectivity index (χ0n) is 28.0. The third-order valence-electron chi connectivity index (χ3n) is 8.65. The highest BCUT2D eigenvalue weighted by Crippen LogP contribution is 2.16. The predicted octanol–water partition coefficient (Wildman–Crippen LogP) is 11.2. The molecule has 0 aliphatic heterocycles. The molecule has 0 bridgehead atoms. The van der Waals surface area contributed by atoms with Crippen molar-refractivity contribution in [3.63, 3.8) is 0 Å². The van der Waals surface area contributed by atoms with Gasteiger partial charge < -0.3 is 13.9 Å². The van der Waals surface area contributed by atoms with Crippen molar-refractivity contribution in [2.75, 3.05) is 0 Å². The van der Waals surface area contributed by atoms with E-state index >= 15 is 0 Å². The Kier molecular flexibility index (Phi) is 21.5. The first-order valence-electron chi connectivity index (χ1n) is 18.2. The number of aromatic nitrogens is 2. The highest BCUT2D eigenvalue weighted by molar-refractivity contribution is 5.27. The van der Waals surface area contributed by atoms with Crippen molar-refractivity contribution in [3.8, 4) is 11.5 Å². The molecule has 2 aromatic heterocycles. The third kappa shape index (κ3) is 18.2. The molecule has 244 valence electrons.